The second kappa shape index (κ2) is 9.53. The third kappa shape index (κ3) is 4.35. The first kappa shape index (κ1) is 24.9. The van der Waals surface area contributed by atoms with Crippen molar-refractivity contribution in [1.82, 2.24) is 29.8 Å². The first-order valence-corrected chi connectivity index (χ1v) is 15.0. The molecule has 2 atom stereocenters. The fourth-order valence-corrected chi connectivity index (χ4v) is 7.06. The minimum Gasteiger partial charge on any atom is -0.494 e. The summed E-state index contributed by atoms with van der Waals surface area (Å²) in [5.74, 6) is 0.693. The number of likely N-dealkylation sites (tertiary alicyclic amines) is 1. The molecule has 2 fully saturated rings. The molecule has 1 unspecified atom stereocenters. The molecule has 0 spiro atoms. The minimum atomic E-state index is -0.441. The lowest BCUT2D eigenvalue weighted by molar-refractivity contribution is 0.0562. The normalized spacial score (nSPS) is 18.9. The maximum atomic E-state index is 13.8. The summed E-state index contributed by atoms with van der Waals surface area (Å²) in [6.07, 6.45) is 8.27. The number of hydrogen-bond donors (Lipinski definition) is 1. The Hall–Kier alpha value is -4.08. The second-order valence-corrected chi connectivity index (χ2v) is 12.4. The van der Waals surface area contributed by atoms with E-state index in [2.05, 4.69) is 56.6 Å². The zero-order valence-corrected chi connectivity index (χ0v) is 25.0. The van der Waals surface area contributed by atoms with E-state index in [0.717, 1.165) is 74.2 Å². The SMILES string of the molecule is Cc1ccc(OC([SiH3])[C@@H]2CCN2C)cc1C(=O)NC1(c2cc(-c3ccc4ncnn4c3)cc3ncccc23)CC1. The predicted molar refractivity (Wildman–Crippen MR) is 159 cm³/mol. The van der Waals surface area contributed by atoms with Crippen LogP contribution in [0.3, 0.4) is 0 Å². The van der Waals surface area contributed by atoms with Crippen LogP contribution in [0.25, 0.3) is 27.7 Å². The standard InChI is InChI=1S/C31H32N6O2Si/c1-19-5-7-22(39-30(40)27-9-13-36(27)2)16-24(19)29(38)35-31(10-11-31)25-14-21(15-26-23(25)4-3-12-32-26)20-6-8-28-33-18-34-37(28)17-20/h3-8,12,14-18,27,30H,9-11,13H2,1-2,40H3,(H,35,38)/t27-,30?/m0/s1. The van der Waals surface area contributed by atoms with Crippen LogP contribution in [0.5, 0.6) is 5.75 Å². The number of aryl methyl sites for hydroxylation is 1. The summed E-state index contributed by atoms with van der Waals surface area (Å²) in [4.78, 5) is 25.1. The van der Waals surface area contributed by atoms with Crippen molar-refractivity contribution in [1.29, 1.82) is 0 Å². The van der Waals surface area contributed by atoms with Crippen molar-refractivity contribution in [3.05, 3.63) is 90.0 Å². The van der Waals surface area contributed by atoms with Crippen LogP contribution in [0.1, 0.15) is 40.7 Å². The molecular weight excluding hydrogens is 516 g/mol. The van der Waals surface area contributed by atoms with Crippen molar-refractivity contribution in [2.45, 2.75) is 43.5 Å². The number of ether oxygens (including phenoxy) is 1. The van der Waals surface area contributed by atoms with Gasteiger partial charge in [-0.25, -0.2) is 9.50 Å². The number of pyridine rings is 2. The van der Waals surface area contributed by atoms with Gasteiger partial charge in [0.25, 0.3) is 5.91 Å². The molecule has 0 radical (unpaired) electrons. The molecule has 2 aliphatic rings. The van der Waals surface area contributed by atoms with Crippen LogP contribution in [0, 0.1) is 6.92 Å². The van der Waals surface area contributed by atoms with Crippen LogP contribution < -0.4 is 10.1 Å². The Morgan fingerprint density at radius 2 is 2.00 bits per heavy atom. The Morgan fingerprint density at radius 3 is 2.77 bits per heavy atom. The highest BCUT2D eigenvalue weighted by Crippen LogP contribution is 2.49. The van der Waals surface area contributed by atoms with E-state index in [1.54, 1.807) is 10.8 Å². The van der Waals surface area contributed by atoms with Crippen LogP contribution in [0.2, 0.25) is 0 Å². The number of fused-ring (bicyclic) bond motifs is 2. The van der Waals surface area contributed by atoms with Crippen LogP contribution >= 0.6 is 0 Å². The van der Waals surface area contributed by atoms with Crippen molar-refractivity contribution in [2.24, 2.45) is 0 Å². The molecule has 1 N–H and O–H groups in total. The van der Waals surface area contributed by atoms with Crippen molar-refractivity contribution in [2.75, 3.05) is 13.6 Å². The van der Waals surface area contributed by atoms with Gasteiger partial charge in [-0.15, -0.1) is 0 Å². The van der Waals surface area contributed by atoms with Crippen LogP contribution in [-0.4, -0.2) is 66.0 Å². The number of rotatable bonds is 7. The molecule has 2 aromatic carbocycles. The Labute approximate surface area is 235 Å². The molecule has 1 amide bonds. The molecule has 8 nitrogen and oxygen atoms in total. The van der Waals surface area contributed by atoms with Gasteiger partial charge in [0.05, 0.1) is 27.0 Å². The molecule has 7 rings (SSSR count). The van der Waals surface area contributed by atoms with Gasteiger partial charge in [-0.3, -0.25) is 9.78 Å². The summed E-state index contributed by atoms with van der Waals surface area (Å²) in [6.45, 7) is 3.10. The average Bonchev–Trinajstić information content (AvgIpc) is 3.57. The number of nitrogens with zero attached hydrogens (tertiary/aromatic N) is 5. The monoisotopic (exact) mass is 548 g/mol. The molecule has 40 heavy (non-hydrogen) atoms. The van der Waals surface area contributed by atoms with E-state index in [0.29, 0.717) is 11.6 Å². The number of carbonyl (C=O) groups is 1. The van der Waals surface area contributed by atoms with E-state index in [-0.39, 0.29) is 11.6 Å². The van der Waals surface area contributed by atoms with E-state index in [9.17, 15) is 4.79 Å². The zero-order chi connectivity index (χ0) is 27.4. The summed E-state index contributed by atoms with van der Waals surface area (Å²) in [7, 11) is 3.08. The van der Waals surface area contributed by atoms with Crippen molar-refractivity contribution < 1.29 is 9.53 Å². The maximum absolute atomic E-state index is 13.8. The summed E-state index contributed by atoms with van der Waals surface area (Å²) in [5, 5.41) is 8.78. The van der Waals surface area contributed by atoms with Gasteiger partial charge in [0.1, 0.15) is 12.1 Å². The van der Waals surface area contributed by atoms with Gasteiger partial charge in [-0.1, -0.05) is 12.1 Å². The van der Waals surface area contributed by atoms with E-state index < -0.39 is 5.54 Å². The lowest BCUT2D eigenvalue weighted by atomic mass is 9.93. The van der Waals surface area contributed by atoms with Crippen LogP contribution in [0.4, 0.5) is 0 Å². The smallest absolute Gasteiger partial charge is 0.252 e. The number of benzene rings is 2. The van der Waals surface area contributed by atoms with E-state index >= 15 is 0 Å². The first-order chi connectivity index (χ1) is 19.4. The maximum Gasteiger partial charge on any atom is 0.252 e. The lowest BCUT2D eigenvalue weighted by Crippen LogP contribution is -2.53. The fraction of sp³-hybridized carbons (Fsp3) is 0.290. The van der Waals surface area contributed by atoms with Crippen LogP contribution in [-0.2, 0) is 5.54 Å². The largest absolute Gasteiger partial charge is 0.494 e. The number of likely N-dealkylation sites (N-methyl/N-ethyl adjacent to an activating group) is 1. The molecule has 9 heteroatoms. The quantitative estimate of drug-likeness (QED) is 0.314. The minimum absolute atomic E-state index is 0.0717. The number of hydrogen-bond acceptors (Lipinski definition) is 6. The molecular formula is C31H32N6O2Si. The zero-order valence-electron chi connectivity index (χ0n) is 23.0. The van der Waals surface area contributed by atoms with Crippen LogP contribution in [0.15, 0.2) is 73.3 Å². The summed E-state index contributed by atoms with van der Waals surface area (Å²) >= 11 is 0. The van der Waals surface area contributed by atoms with Crippen molar-refractivity contribution in [3.63, 3.8) is 0 Å². The Bertz CT molecular complexity index is 1760. The highest BCUT2D eigenvalue weighted by atomic mass is 28.1. The first-order valence-electron chi connectivity index (χ1n) is 13.9. The molecule has 5 aromatic rings. The highest BCUT2D eigenvalue weighted by Gasteiger charge is 2.47. The lowest BCUT2D eigenvalue weighted by Gasteiger charge is -2.41. The van der Waals surface area contributed by atoms with Gasteiger partial charge in [0.2, 0.25) is 0 Å². The fourth-order valence-electron chi connectivity index (χ4n) is 5.95. The van der Waals surface area contributed by atoms with E-state index in [1.807, 2.05) is 49.6 Å². The van der Waals surface area contributed by atoms with Gasteiger partial charge < -0.3 is 15.0 Å². The number of nitrogens with one attached hydrogen (secondary N) is 1. The molecule has 1 saturated heterocycles. The van der Waals surface area contributed by atoms with Gasteiger partial charge >= 0.3 is 0 Å². The summed E-state index contributed by atoms with van der Waals surface area (Å²) < 4.78 is 8.11. The molecule has 1 saturated carbocycles. The molecule has 1 aliphatic carbocycles. The van der Waals surface area contributed by atoms with Gasteiger partial charge in [0.15, 0.2) is 5.65 Å². The molecule has 202 valence electrons. The third-order valence-corrected chi connectivity index (χ3v) is 9.61. The van der Waals surface area contributed by atoms with Gasteiger partial charge in [-0.2, -0.15) is 5.10 Å². The average molecular weight is 549 g/mol. The van der Waals surface area contributed by atoms with Gasteiger partial charge in [-0.05, 0) is 98.9 Å². The molecule has 0 bridgehead atoms. The topological polar surface area (TPSA) is 84.6 Å². The van der Waals surface area contributed by atoms with Gasteiger partial charge in [0, 0.05) is 34.9 Å². The Morgan fingerprint density at radius 1 is 1.12 bits per heavy atom. The Kier molecular flexibility index (Phi) is 5.94. The number of carbonyl (C=O) groups excluding carboxylic acids is 1. The molecule has 1 aliphatic heterocycles. The predicted octanol–water partition coefficient (Wildman–Crippen LogP) is 3.45. The molecule has 3 aromatic heterocycles. The van der Waals surface area contributed by atoms with Crippen molar-refractivity contribution >= 4 is 32.7 Å². The highest BCUT2D eigenvalue weighted by molar-refractivity contribution is 6.11. The third-order valence-electron chi connectivity index (χ3n) is 8.61. The Balaban J connectivity index is 1.21. The summed E-state index contributed by atoms with van der Waals surface area (Å²) in [6, 6.07) is 18.7. The van der Waals surface area contributed by atoms with E-state index in [4.69, 9.17) is 4.74 Å². The number of amides is 1. The second-order valence-electron chi connectivity index (χ2n) is 11.2. The van der Waals surface area contributed by atoms with Crippen molar-refractivity contribution in [3.8, 4) is 16.9 Å². The number of aromatic nitrogens is 4. The van der Waals surface area contributed by atoms with E-state index in [1.165, 1.54) is 6.42 Å². The molecule has 4 heterocycles. The summed E-state index contributed by atoms with van der Waals surface area (Å²) in [5.41, 5.74) is 6.20.